The van der Waals surface area contributed by atoms with E-state index in [1.807, 2.05) is 49.2 Å². The SMILES string of the molecule is CNC(=O)CCc1cc(-c2ccc(-c3ccc(C)cc3)cc2)n(-c2ccc(-n3cc(CN(C)C)nn3)cc2)n1. The highest BCUT2D eigenvalue weighted by molar-refractivity contribution is 5.76. The number of carbonyl (C=O) groups excluding carboxylic acids is 1. The fraction of sp³-hybridized carbons (Fsp3) is 0.226. The van der Waals surface area contributed by atoms with Crippen molar-refractivity contribution in [2.24, 2.45) is 0 Å². The molecule has 0 aliphatic heterocycles. The van der Waals surface area contributed by atoms with Crippen LogP contribution in [0.4, 0.5) is 0 Å². The van der Waals surface area contributed by atoms with Crippen molar-refractivity contribution < 1.29 is 4.79 Å². The summed E-state index contributed by atoms with van der Waals surface area (Å²) in [5, 5.41) is 16.1. The van der Waals surface area contributed by atoms with Crippen molar-refractivity contribution in [1.82, 2.24) is 35.0 Å². The number of aryl methyl sites for hydroxylation is 2. The van der Waals surface area contributed by atoms with Crippen molar-refractivity contribution in [1.29, 1.82) is 0 Å². The van der Waals surface area contributed by atoms with Gasteiger partial charge in [-0.25, -0.2) is 9.36 Å². The first-order valence-electron chi connectivity index (χ1n) is 13.0. The monoisotopic (exact) mass is 519 g/mol. The molecule has 0 atom stereocenters. The molecule has 1 amide bonds. The second kappa shape index (κ2) is 11.4. The molecular formula is C31H33N7O. The Labute approximate surface area is 228 Å². The molecule has 0 fully saturated rings. The zero-order valence-electron chi connectivity index (χ0n) is 22.8. The lowest BCUT2D eigenvalue weighted by molar-refractivity contribution is -0.120. The number of nitrogens with zero attached hydrogens (tertiary/aromatic N) is 6. The van der Waals surface area contributed by atoms with Gasteiger partial charge >= 0.3 is 0 Å². The predicted octanol–water partition coefficient (Wildman–Crippen LogP) is 4.84. The molecule has 5 rings (SSSR count). The first-order valence-corrected chi connectivity index (χ1v) is 13.0. The van der Waals surface area contributed by atoms with Gasteiger partial charge in [-0.2, -0.15) is 5.10 Å². The van der Waals surface area contributed by atoms with E-state index in [0.29, 0.717) is 12.8 Å². The molecule has 0 saturated heterocycles. The summed E-state index contributed by atoms with van der Waals surface area (Å²) in [6, 6.07) is 27.2. The molecule has 0 aliphatic rings. The fourth-order valence-electron chi connectivity index (χ4n) is 4.47. The fourth-order valence-corrected chi connectivity index (χ4v) is 4.47. The zero-order valence-corrected chi connectivity index (χ0v) is 22.8. The lowest BCUT2D eigenvalue weighted by Crippen LogP contribution is -2.18. The van der Waals surface area contributed by atoms with Gasteiger partial charge in [-0.3, -0.25) is 4.79 Å². The van der Waals surface area contributed by atoms with Crippen LogP contribution in [0.25, 0.3) is 33.8 Å². The molecule has 0 unspecified atom stereocenters. The number of rotatable bonds is 9. The maximum absolute atomic E-state index is 11.9. The molecule has 3 aromatic carbocycles. The topological polar surface area (TPSA) is 80.9 Å². The van der Waals surface area contributed by atoms with Crippen LogP contribution in [0.1, 0.15) is 23.4 Å². The first kappa shape index (κ1) is 26.1. The molecule has 8 heteroatoms. The number of carbonyl (C=O) groups is 1. The summed E-state index contributed by atoms with van der Waals surface area (Å²) in [7, 11) is 5.67. The van der Waals surface area contributed by atoms with Gasteiger partial charge in [0.15, 0.2) is 0 Å². The third kappa shape index (κ3) is 6.13. The van der Waals surface area contributed by atoms with Crippen molar-refractivity contribution in [3.05, 3.63) is 102 Å². The summed E-state index contributed by atoms with van der Waals surface area (Å²) in [6.07, 6.45) is 2.90. The van der Waals surface area contributed by atoms with Crippen LogP contribution >= 0.6 is 0 Å². The van der Waals surface area contributed by atoms with Gasteiger partial charge in [-0.1, -0.05) is 59.3 Å². The minimum absolute atomic E-state index is 0.000582. The van der Waals surface area contributed by atoms with Crippen LogP contribution in [-0.2, 0) is 17.8 Å². The van der Waals surface area contributed by atoms with E-state index in [0.717, 1.165) is 46.1 Å². The van der Waals surface area contributed by atoms with E-state index in [1.165, 1.54) is 11.1 Å². The van der Waals surface area contributed by atoms with Crippen molar-refractivity contribution in [2.75, 3.05) is 21.1 Å². The van der Waals surface area contributed by atoms with Gasteiger partial charge in [0.05, 0.1) is 34.7 Å². The number of hydrogen-bond acceptors (Lipinski definition) is 5. The number of amides is 1. The van der Waals surface area contributed by atoms with E-state index < -0.39 is 0 Å². The molecule has 0 bridgehead atoms. The van der Waals surface area contributed by atoms with Gasteiger partial charge < -0.3 is 10.2 Å². The molecule has 0 saturated carbocycles. The molecule has 2 aromatic heterocycles. The molecule has 0 aliphatic carbocycles. The second-order valence-electron chi connectivity index (χ2n) is 9.96. The summed E-state index contributed by atoms with van der Waals surface area (Å²) in [5.41, 5.74) is 9.24. The Kier molecular flexibility index (Phi) is 7.65. The number of nitrogens with one attached hydrogen (secondary N) is 1. The number of benzene rings is 3. The standard InChI is InChI=1S/C31H33N7O/c1-22-5-7-23(8-6-22)24-9-11-25(12-10-24)30-19-26(13-18-31(39)32-2)34-38(30)29-16-14-28(15-17-29)37-21-27(33-35-37)20-36(3)4/h5-12,14-17,19,21H,13,18,20H2,1-4H3,(H,32,39). The Bertz CT molecular complexity index is 1550. The quantitative estimate of drug-likeness (QED) is 0.302. The smallest absolute Gasteiger partial charge is 0.220 e. The van der Waals surface area contributed by atoms with Crippen molar-refractivity contribution in [3.63, 3.8) is 0 Å². The van der Waals surface area contributed by atoms with E-state index in [9.17, 15) is 4.79 Å². The van der Waals surface area contributed by atoms with Crippen molar-refractivity contribution >= 4 is 5.91 Å². The Hall–Kier alpha value is -4.56. The van der Waals surface area contributed by atoms with Gasteiger partial charge in [-0.15, -0.1) is 5.10 Å². The molecule has 0 radical (unpaired) electrons. The molecule has 5 aromatic rings. The third-order valence-corrected chi connectivity index (χ3v) is 6.59. The Morgan fingerprint density at radius 3 is 2.10 bits per heavy atom. The van der Waals surface area contributed by atoms with Crippen LogP contribution in [0.5, 0.6) is 0 Å². The van der Waals surface area contributed by atoms with E-state index in [2.05, 4.69) is 82.0 Å². The largest absolute Gasteiger partial charge is 0.359 e. The van der Waals surface area contributed by atoms with Gasteiger partial charge in [0, 0.05) is 32.0 Å². The van der Waals surface area contributed by atoms with Crippen LogP contribution in [0.15, 0.2) is 85.1 Å². The van der Waals surface area contributed by atoms with E-state index in [-0.39, 0.29) is 5.91 Å². The lowest BCUT2D eigenvalue weighted by atomic mass is 10.0. The molecule has 1 N–H and O–H groups in total. The Morgan fingerprint density at radius 1 is 0.846 bits per heavy atom. The summed E-state index contributed by atoms with van der Waals surface area (Å²) < 4.78 is 3.73. The van der Waals surface area contributed by atoms with Gasteiger partial charge in [0.1, 0.15) is 0 Å². The molecule has 8 nitrogen and oxygen atoms in total. The van der Waals surface area contributed by atoms with Gasteiger partial charge in [-0.05, 0) is 62.5 Å². The maximum atomic E-state index is 11.9. The summed E-state index contributed by atoms with van der Waals surface area (Å²) >= 11 is 0. The lowest BCUT2D eigenvalue weighted by Gasteiger charge is -2.10. The van der Waals surface area contributed by atoms with Gasteiger partial charge in [0.25, 0.3) is 0 Å². The molecule has 198 valence electrons. The van der Waals surface area contributed by atoms with E-state index in [4.69, 9.17) is 5.10 Å². The number of hydrogen-bond donors (Lipinski definition) is 1. The van der Waals surface area contributed by atoms with E-state index >= 15 is 0 Å². The summed E-state index contributed by atoms with van der Waals surface area (Å²) in [4.78, 5) is 13.9. The zero-order chi connectivity index (χ0) is 27.4. The molecule has 0 spiro atoms. The average molecular weight is 520 g/mol. The predicted molar refractivity (Wildman–Crippen MR) is 154 cm³/mol. The van der Waals surface area contributed by atoms with Crippen LogP contribution in [0.3, 0.4) is 0 Å². The highest BCUT2D eigenvalue weighted by Gasteiger charge is 2.14. The first-order chi connectivity index (χ1) is 18.9. The molecule has 2 heterocycles. The third-order valence-electron chi connectivity index (χ3n) is 6.59. The van der Waals surface area contributed by atoms with Crippen LogP contribution < -0.4 is 5.32 Å². The van der Waals surface area contributed by atoms with Crippen LogP contribution in [-0.4, -0.2) is 56.7 Å². The van der Waals surface area contributed by atoms with Crippen molar-refractivity contribution in [3.8, 4) is 33.8 Å². The normalized spacial score (nSPS) is 11.2. The van der Waals surface area contributed by atoms with Gasteiger partial charge in [0.2, 0.25) is 5.91 Å². The van der Waals surface area contributed by atoms with Crippen LogP contribution in [0, 0.1) is 6.92 Å². The highest BCUT2D eigenvalue weighted by Crippen LogP contribution is 2.28. The number of aromatic nitrogens is 5. The average Bonchev–Trinajstić information content (AvgIpc) is 3.59. The second-order valence-corrected chi connectivity index (χ2v) is 9.96. The summed E-state index contributed by atoms with van der Waals surface area (Å²) in [6.45, 7) is 2.83. The highest BCUT2D eigenvalue weighted by atomic mass is 16.1. The van der Waals surface area contributed by atoms with Crippen LogP contribution in [0.2, 0.25) is 0 Å². The Balaban J connectivity index is 1.46. The van der Waals surface area contributed by atoms with E-state index in [1.54, 1.807) is 11.7 Å². The summed E-state index contributed by atoms with van der Waals surface area (Å²) in [5.74, 6) is -0.000582. The Morgan fingerprint density at radius 2 is 1.46 bits per heavy atom. The maximum Gasteiger partial charge on any atom is 0.220 e. The van der Waals surface area contributed by atoms with Crippen molar-refractivity contribution in [2.45, 2.75) is 26.3 Å². The minimum Gasteiger partial charge on any atom is -0.359 e. The molecule has 39 heavy (non-hydrogen) atoms. The minimum atomic E-state index is -0.000582. The molecular weight excluding hydrogens is 486 g/mol.